The molecule has 2 atom stereocenters. The lowest BCUT2D eigenvalue weighted by molar-refractivity contribution is -0.140. The summed E-state index contributed by atoms with van der Waals surface area (Å²) >= 11 is 0. The van der Waals surface area contributed by atoms with Gasteiger partial charge in [0.2, 0.25) is 12.2 Å². The van der Waals surface area contributed by atoms with Crippen molar-refractivity contribution in [3.8, 4) is 11.5 Å². The standard InChI is InChI=1S/C37H43NO12/c1-4-30(39)47-24-12-8-6-10-22-45-28-18-14-26(15-19-28)36(43)49-32-33(35(42)38(3)34(32)41)50-37(44)27-16-20-29(21-17-27)46-23-11-7-9-13-25-48-31(40)5-2/h4-5,14-21,32-33H,1-2,6-13,22-25H2,3H3/t32-,33-/m1/s1. The summed E-state index contributed by atoms with van der Waals surface area (Å²) in [5.74, 6) is -3.22. The molecule has 1 aliphatic heterocycles. The molecule has 1 aliphatic rings. The summed E-state index contributed by atoms with van der Waals surface area (Å²) in [7, 11) is 1.22. The zero-order chi connectivity index (χ0) is 36.3. The summed E-state index contributed by atoms with van der Waals surface area (Å²) in [5, 5.41) is 0. The third kappa shape index (κ3) is 12.5. The SMILES string of the molecule is C=CC(=O)OCCCCCCOc1ccc(C(=O)O[C@H]2C(=O)N(C)C(=O)[C@@H]2OC(=O)c2ccc(OCCCCCCOC(=O)C=C)cc2)cc1. The highest BCUT2D eigenvalue weighted by Crippen LogP contribution is 2.23. The van der Waals surface area contributed by atoms with Gasteiger partial charge >= 0.3 is 23.9 Å². The van der Waals surface area contributed by atoms with Crippen molar-refractivity contribution in [1.29, 1.82) is 0 Å². The Morgan fingerprint density at radius 1 is 0.580 bits per heavy atom. The number of benzene rings is 2. The van der Waals surface area contributed by atoms with Gasteiger partial charge in [0.15, 0.2) is 0 Å². The van der Waals surface area contributed by atoms with E-state index in [2.05, 4.69) is 13.2 Å². The molecule has 2 amide bonds. The lowest BCUT2D eigenvalue weighted by Crippen LogP contribution is -2.37. The number of hydrogen-bond donors (Lipinski definition) is 0. The molecule has 0 aromatic heterocycles. The Morgan fingerprint density at radius 3 is 1.26 bits per heavy atom. The summed E-state index contributed by atoms with van der Waals surface area (Å²) in [5.41, 5.74) is 0.215. The van der Waals surface area contributed by atoms with Crippen molar-refractivity contribution < 1.29 is 57.2 Å². The number of esters is 4. The van der Waals surface area contributed by atoms with Gasteiger partial charge in [0.25, 0.3) is 11.8 Å². The number of carbonyl (C=O) groups excluding carboxylic acids is 6. The van der Waals surface area contributed by atoms with Crippen LogP contribution in [0.2, 0.25) is 0 Å². The molecular weight excluding hydrogens is 650 g/mol. The number of hydrogen-bond acceptors (Lipinski definition) is 12. The number of likely N-dealkylation sites (tertiary alicyclic amines) is 1. The molecule has 13 nitrogen and oxygen atoms in total. The number of nitrogens with zero attached hydrogens (tertiary/aromatic N) is 1. The Balaban J connectivity index is 1.43. The summed E-state index contributed by atoms with van der Waals surface area (Å²) in [6.45, 7) is 8.27. The van der Waals surface area contributed by atoms with E-state index in [1.54, 1.807) is 24.3 Å². The van der Waals surface area contributed by atoms with Crippen LogP contribution in [0.15, 0.2) is 73.8 Å². The minimum absolute atomic E-state index is 0.107. The zero-order valence-corrected chi connectivity index (χ0v) is 28.2. The molecule has 0 saturated carbocycles. The highest BCUT2D eigenvalue weighted by molar-refractivity contribution is 6.10. The van der Waals surface area contributed by atoms with Crippen LogP contribution in [0.25, 0.3) is 0 Å². The van der Waals surface area contributed by atoms with Gasteiger partial charge in [-0.3, -0.25) is 14.5 Å². The number of amides is 2. The van der Waals surface area contributed by atoms with Crippen LogP contribution in [0.4, 0.5) is 0 Å². The molecule has 0 bridgehead atoms. The monoisotopic (exact) mass is 693 g/mol. The van der Waals surface area contributed by atoms with Crippen molar-refractivity contribution in [3.05, 3.63) is 85.0 Å². The van der Waals surface area contributed by atoms with Gasteiger partial charge < -0.3 is 28.4 Å². The molecule has 268 valence electrons. The van der Waals surface area contributed by atoms with Crippen LogP contribution in [-0.4, -0.2) is 86.3 Å². The van der Waals surface area contributed by atoms with E-state index in [0.717, 1.165) is 68.4 Å². The Kier molecular flexibility index (Phi) is 16.2. The number of ether oxygens (including phenoxy) is 6. The molecule has 1 fully saturated rings. The summed E-state index contributed by atoms with van der Waals surface area (Å²) in [4.78, 5) is 74.2. The van der Waals surface area contributed by atoms with E-state index in [1.165, 1.54) is 31.3 Å². The number of imide groups is 1. The molecule has 0 radical (unpaired) electrons. The van der Waals surface area contributed by atoms with Crippen LogP contribution in [0, 0.1) is 0 Å². The molecule has 0 aliphatic carbocycles. The first-order valence-electron chi connectivity index (χ1n) is 16.4. The number of unbranched alkanes of at least 4 members (excludes halogenated alkanes) is 6. The van der Waals surface area contributed by atoms with Crippen LogP contribution in [0.1, 0.15) is 72.1 Å². The molecule has 0 unspecified atom stereocenters. The van der Waals surface area contributed by atoms with Crippen molar-refractivity contribution in [2.24, 2.45) is 0 Å². The average molecular weight is 694 g/mol. The first-order chi connectivity index (χ1) is 24.1. The highest BCUT2D eigenvalue weighted by atomic mass is 16.6. The molecule has 50 heavy (non-hydrogen) atoms. The smallest absolute Gasteiger partial charge is 0.339 e. The number of rotatable bonds is 22. The van der Waals surface area contributed by atoms with E-state index < -0.39 is 47.9 Å². The van der Waals surface area contributed by atoms with Crippen LogP contribution >= 0.6 is 0 Å². The lowest BCUT2D eigenvalue weighted by atomic mass is 10.2. The Morgan fingerprint density at radius 2 is 0.920 bits per heavy atom. The second kappa shape index (κ2) is 20.8. The molecule has 13 heteroatoms. The normalized spacial score (nSPS) is 15.2. The molecular formula is C37H43NO12. The molecule has 0 spiro atoms. The van der Waals surface area contributed by atoms with Gasteiger partial charge in [-0.1, -0.05) is 13.2 Å². The van der Waals surface area contributed by atoms with Crippen LogP contribution in [-0.2, 0) is 38.1 Å². The third-order valence-corrected chi connectivity index (χ3v) is 7.51. The van der Waals surface area contributed by atoms with Crippen LogP contribution < -0.4 is 9.47 Å². The van der Waals surface area contributed by atoms with Gasteiger partial charge in [-0.2, -0.15) is 0 Å². The fraction of sp³-hybridized carbons (Fsp3) is 0.405. The van der Waals surface area contributed by atoms with Crippen molar-refractivity contribution in [2.45, 2.75) is 63.6 Å². The summed E-state index contributed by atoms with van der Waals surface area (Å²) in [6, 6.07) is 12.2. The van der Waals surface area contributed by atoms with Crippen molar-refractivity contribution in [1.82, 2.24) is 4.90 Å². The zero-order valence-electron chi connectivity index (χ0n) is 28.2. The van der Waals surface area contributed by atoms with Crippen LogP contribution in [0.5, 0.6) is 11.5 Å². The first-order valence-corrected chi connectivity index (χ1v) is 16.4. The second-order valence-electron chi connectivity index (χ2n) is 11.2. The van der Waals surface area contributed by atoms with Gasteiger partial charge in [0.1, 0.15) is 11.5 Å². The Hall–Kier alpha value is -5.46. The second-order valence-corrected chi connectivity index (χ2v) is 11.2. The van der Waals surface area contributed by atoms with Crippen LogP contribution in [0.3, 0.4) is 0 Å². The topological polar surface area (TPSA) is 161 Å². The predicted octanol–water partition coefficient (Wildman–Crippen LogP) is 4.77. The fourth-order valence-corrected chi connectivity index (χ4v) is 4.67. The Labute approximate surface area is 291 Å². The number of carbonyl (C=O) groups is 6. The maximum absolute atomic E-state index is 12.9. The molecule has 1 heterocycles. The molecule has 3 rings (SSSR count). The number of likely N-dealkylation sites (N-methyl/N-ethyl adjacent to an activating group) is 1. The minimum Gasteiger partial charge on any atom is -0.494 e. The van der Waals surface area contributed by atoms with E-state index in [-0.39, 0.29) is 11.1 Å². The van der Waals surface area contributed by atoms with Gasteiger partial charge in [-0.25, -0.2) is 19.2 Å². The molecule has 0 N–H and O–H groups in total. The van der Waals surface area contributed by atoms with E-state index in [4.69, 9.17) is 28.4 Å². The maximum atomic E-state index is 12.9. The lowest BCUT2D eigenvalue weighted by Gasteiger charge is -2.17. The van der Waals surface area contributed by atoms with Crippen molar-refractivity contribution in [3.63, 3.8) is 0 Å². The Bertz CT molecular complexity index is 1370. The highest BCUT2D eigenvalue weighted by Gasteiger charge is 2.51. The molecule has 2 aromatic carbocycles. The molecule has 2 aromatic rings. The van der Waals surface area contributed by atoms with Gasteiger partial charge in [-0.15, -0.1) is 0 Å². The van der Waals surface area contributed by atoms with Gasteiger partial charge in [-0.05, 0) is 99.9 Å². The maximum Gasteiger partial charge on any atom is 0.339 e. The average Bonchev–Trinajstić information content (AvgIpc) is 3.32. The minimum atomic E-state index is -1.66. The quantitative estimate of drug-likeness (QED) is 0.0547. The summed E-state index contributed by atoms with van der Waals surface area (Å²) < 4.78 is 32.0. The van der Waals surface area contributed by atoms with Gasteiger partial charge in [0, 0.05) is 19.2 Å². The van der Waals surface area contributed by atoms with Crippen molar-refractivity contribution in [2.75, 3.05) is 33.5 Å². The van der Waals surface area contributed by atoms with E-state index >= 15 is 0 Å². The van der Waals surface area contributed by atoms with E-state index in [9.17, 15) is 28.8 Å². The fourth-order valence-electron chi connectivity index (χ4n) is 4.67. The van der Waals surface area contributed by atoms with E-state index in [1.807, 2.05) is 0 Å². The summed E-state index contributed by atoms with van der Waals surface area (Å²) in [6.07, 6.45) is 5.49. The third-order valence-electron chi connectivity index (χ3n) is 7.51. The van der Waals surface area contributed by atoms with E-state index in [0.29, 0.717) is 37.9 Å². The molecule has 1 saturated heterocycles. The largest absolute Gasteiger partial charge is 0.494 e. The van der Waals surface area contributed by atoms with Crippen molar-refractivity contribution >= 4 is 35.7 Å². The first kappa shape index (κ1) is 39.0. The van der Waals surface area contributed by atoms with Gasteiger partial charge in [0.05, 0.1) is 37.6 Å². The predicted molar refractivity (Wildman–Crippen MR) is 179 cm³/mol.